The van der Waals surface area contributed by atoms with Gasteiger partial charge in [-0.3, -0.25) is 9.59 Å². The largest absolute Gasteiger partial charge is 0.342 e. The van der Waals surface area contributed by atoms with Gasteiger partial charge in [-0.15, -0.1) is 0 Å². The fourth-order valence-corrected chi connectivity index (χ4v) is 2.93. The molecule has 1 aliphatic rings. The van der Waals surface area contributed by atoms with Crippen LogP contribution in [0.15, 0.2) is 18.2 Å². The van der Waals surface area contributed by atoms with E-state index < -0.39 is 11.6 Å². The second-order valence-corrected chi connectivity index (χ2v) is 6.10. The standard InChI is InChI=1S/C17H22F2N2O2/c1-12-4-3-8-20(11-12)17(23)7-9-21(13(2)22)16-6-5-14(18)10-15(16)19/h5-6,10,12H,3-4,7-9,11H2,1-2H3. The Labute approximate surface area is 135 Å². The summed E-state index contributed by atoms with van der Waals surface area (Å²) < 4.78 is 26.9. The first-order chi connectivity index (χ1) is 10.9. The molecule has 0 spiro atoms. The molecule has 23 heavy (non-hydrogen) atoms. The van der Waals surface area contributed by atoms with Crippen LogP contribution in [0.4, 0.5) is 14.5 Å². The van der Waals surface area contributed by atoms with Crippen LogP contribution in [-0.4, -0.2) is 36.3 Å². The number of anilines is 1. The summed E-state index contributed by atoms with van der Waals surface area (Å²) in [6, 6.07) is 3.06. The van der Waals surface area contributed by atoms with E-state index in [9.17, 15) is 18.4 Å². The second-order valence-electron chi connectivity index (χ2n) is 6.10. The van der Waals surface area contributed by atoms with Gasteiger partial charge < -0.3 is 9.80 Å². The summed E-state index contributed by atoms with van der Waals surface area (Å²) in [6.07, 6.45) is 2.23. The van der Waals surface area contributed by atoms with Crippen molar-refractivity contribution >= 4 is 17.5 Å². The van der Waals surface area contributed by atoms with Gasteiger partial charge in [-0.2, -0.15) is 0 Å². The number of hydrogen-bond acceptors (Lipinski definition) is 2. The SMILES string of the molecule is CC(=O)N(CCC(=O)N1CCCC(C)C1)c1ccc(F)cc1F. The van der Waals surface area contributed by atoms with E-state index in [0.29, 0.717) is 5.92 Å². The Kier molecular flexibility index (Phi) is 5.69. The Hall–Kier alpha value is -1.98. The molecular weight excluding hydrogens is 302 g/mol. The van der Waals surface area contributed by atoms with Crippen LogP contribution in [0, 0.1) is 17.6 Å². The zero-order valence-corrected chi connectivity index (χ0v) is 13.5. The second kappa shape index (κ2) is 7.53. The fraction of sp³-hybridized carbons (Fsp3) is 0.529. The van der Waals surface area contributed by atoms with E-state index in [1.54, 1.807) is 4.90 Å². The minimum Gasteiger partial charge on any atom is -0.342 e. The van der Waals surface area contributed by atoms with Crippen molar-refractivity contribution in [3.8, 4) is 0 Å². The Morgan fingerprint density at radius 1 is 1.35 bits per heavy atom. The number of hydrogen-bond donors (Lipinski definition) is 0. The highest BCUT2D eigenvalue weighted by molar-refractivity contribution is 5.92. The number of carbonyl (C=O) groups is 2. The van der Waals surface area contributed by atoms with Gasteiger partial charge in [0.25, 0.3) is 0 Å². The van der Waals surface area contributed by atoms with Crippen molar-refractivity contribution in [3.63, 3.8) is 0 Å². The number of piperidine rings is 1. The molecule has 0 bridgehead atoms. The normalized spacial score (nSPS) is 17.9. The summed E-state index contributed by atoms with van der Waals surface area (Å²) in [4.78, 5) is 27.0. The summed E-state index contributed by atoms with van der Waals surface area (Å²) in [5.41, 5.74) is -0.00119. The Morgan fingerprint density at radius 3 is 2.70 bits per heavy atom. The van der Waals surface area contributed by atoms with Crippen LogP contribution in [0.3, 0.4) is 0 Å². The molecule has 1 unspecified atom stereocenters. The van der Waals surface area contributed by atoms with E-state index in [1.165, 1.54) is 17.9 Å². The van der Waals surface area contributed by atoms with Crippen molar-refractivity contribution in [2.75, 3.05) is 24.5 Å². The molecule has 0 aliphatic carbocycles. The molecule has 0 N–H and O–H groups in total. The predicted octanol–water partition coefficient (Wildman–Crippen LogP) is 2.97. The number of benzene rings is 1. The average molecular weight is 324 g/mol. The van der Waals surface area contributed by atoms with E-state index in [2.05, 4.69) is 6.92 Å². The van der Waals surface area contributed by atoms with E-state index >= 15 is 0 Å². The number of nitrogens with zero attached hydrogens (tertiary/aromatic N) is 2. The van der Waals surface area contributed by atoms with Crippen LogP contribution in [0.1, 0.15) is 33.1 Å². The van der Waals surface area contributed by atoms with Crippen LogP contribution >= 0.6 is 0 Å². The summed E-state index contributed by atoms with van der Waals surface area (Å²) in [7, 11) is 0. The molecular formula is C17H22F2N2O2. The van der Waals surface area contributed by atoms with Gasteiger partial charge in [0.05, 0.1) is 5.69 Å². The summed E-state index contributed by atoms with van der Waals surface area (Å²) in [5, 5.41) is 0. The van der Waals surface area contributed by atoms with Crippen LogP contribution in [-0.2, 0) is 9.59 Å². The van der Waals surface area contributed by atoms with Gasteiger partial charge in [-0.25, -0.2) is 8.78 Å². The molecule has 1 heterocycles. The quantitative estimate of drug-likeness (QED) is 0.854. The summed E-state index contributed by atoms with van der Waals surface area (Å²) in [6.45, 7) is 4.95. The first-order valence-electron chi connectivity index (χ1n) is 7.89. The molecule has 126 valence electrons. The minimum atomic E-state index is -0.806. The highest BCUT2D eigenvalue weighted by Gasteiger charge is 2.23. The molecule has 1 saturated heterocycles. The number of carbonyl (C=O) groups excluding carboxylic acids is 2. The highest BCUT2D eigenvalue weighted by Crippen LogP contribution is 2.21. The monoisotopic (exact) mass is 324 g/mol. The first-order valence-corrected chi connectivity index (χ1v) is 7.89. The lowest BCUT2D eigenvalue weighted by Gasteiger charge is -2.31. The van der Waals surface area contributed by atoms with E-state index in [4.69, 9.17) is 0 Å². The van der Waals surface area contributed by atoms with E-state index in [1.807, 2.05) is 0 Å². The van der Waals surface area contributed by atoms with Crippen LogP contribution in [0.5, 0.6) is 0 Å². The van der Waals surface area contributed by atoms with E-state index in [-0.39, 0.29) is 30.5 Å². The molecule has 2 amide bonds. The van der Waals surface area contributed by atoms with Crippen LogP contribution < -0.4 is 4.90 Å². The molecule has 0 radical (unpaired) electrons. The molecule has 0 saturated carbocycles. The topological polar surface area (TPSA) is 40.6 Å². The molecule has 1 aromatic carbocycles. The van der Waals surface area contributed by atoms with Crippen molar-refractivity contribution in [1.82, 2.24) is 4.90 Å². The van der Waals surface area contributed by atoms with Gasteiger partial charge in [0.1, 0.15) is 11.6 Å². The number of amides is 2. The zero-order chi connectivity index (χ0) is 17.0. The lowest BCUT2D eigenvalue weighted by atomic mass is 10.00. The molecule has 0 aromatic heterocycles. The van der Waals surface area contributed by atoms with Gasteiger partial charge in [0.2, 0.25) is 11.8 Å². The van der Waals surface area contributed by atoms with Gasteiger partial charge in [-0.1, -0.05) is 6.92 Å². The lowest BCUT2D eigenvalue weighted by Crippen LogP contribution is -2.41. The maximum Gasteiger partial charge on any atom is 0.224 e. The molecule has 4 nitrogen and oxygen atoms in total. The fourth-order valence-electron chi connectivity index (χ4n) is 2.93. The number of halogens is 2. The summed E-state index contributed by atoms with van der Waals surface area (Å²) >= 11 is 0. The van der Waals surface area contributed by atoms with Gasteiger partial charge >= 0.3 is 0 Å². The molecule has 2 rings (SSSR count). The molecule has 1 fully saturated rings. The minimum absolute atomic E-state index is 0.00119. The van der Waals surface area contributed by atoms with Crippen molar-refractivity contribution < 1.29 is 18.4 Å². The third-order valence-electron chi connectivity index (χ3n) is 4.14. The zero-order valence-electron chi connectivity index (χ0n) is 13.5. The smallest absolute Gasteiger partial charge is 0.224 e. The average Bonchev–Trinajstić information content (AvgIpc) is 2.48. The Morgan fingerprint density at radius 2 is 2.09 bits per heavy atom. The van der Waals surface area contributed by atoms with Gasteiger partial charge in [0, 0.05) is 39.0 Å². The van der Waals surface area contributed by atoms with Crippen molar-refractivity contribution in [3.05, 3.63) is 29.8 Å². The van der Waals surface area contributed by atoms with Gasteiger partial charge in [-0.05, 0) is 30.9 Å². The van der Waals surface area contributed by atoms with Crippen molar-refractivity contribution in [2.45, 2.75) is 33.1 Å². The molecule has 6 heteroatoms. The van der Waals surface area contributed by atoms with E-state index in [0.717, 1.165) is 38.1 Å². The molecule has 1 atom stereocenters. The Balaban J connectivity index is 2.02. The summed E-state index contributed by atoms with van der Waals surface area (Å²) in [5.74, 6) is -1.45. The maximum atomic E-state index is 13.9. The van der Waals surface area contributed by atoms with Crippen molar-refractivity contribution in [2.24, 2.45) is 5.92 Å². The van der Waals surface area contributed by atoms with Crippen LogP contribution in [0.25, 0.3) is 0 Å². The molecule has 1 aromatic rings. The first kappa shape index (κ1) is 17.4. The number of likely N-dealkylation sites (tertiary alicyclic amines) is 1. The maximum absolute atomic E-state index is 13.9. The third kappa shape index (κ3) is 4.50. The third-order valence-corrected chi connectivity index (χ3v) is 4.14. The Bertz CT molecular complexity index is 592. The van der Waals surface area contributed by atoms with Crippen molar-refractivity contribution in [1.29, 1.82) is 0 Å². The molecule has 1 aliphatic heterocycles. The van der Waals surface area contributed by atoms with Crippen LogP contribution in [0.2, 0.25) is 0 Å². The van der Waals surface area contributed by atoms with Gasteiger partial charge in [0.15, 0.2) is 0 Å². The number of rotatable bonds is 4. The highest BCUT2D eigenvalue weighted by atomic mass is 19.1. The predicted molar refractivity (Wildman–Crippen MR) is 84.0 cm³/mol. The lowest BCUT2D eigenvalue weighted by molar-refractivity contribution is -0.132.